The van der Waals surface area contributed by atoms with Gasteiger partial charge in [-0.3, -0.25) is 42.0 Å². The monoisotopic (exact) mass is 1570 g/mol. The number of carbonyl (C=O) groups is 3. The molecule has 0 bridgehead atoms. The van der Waals surface area contributed by atoms with Crippen LogP contribution in [0.5, 0.6) is 0 Å². The van der Waals surface area contributed by atoms with Gasteiger partial charge in [0.1, 0.15) is 32.1 Å². The summed E-state index contributed by atoms with van der Waals surface area (Å²) < 4.78 is 62.3. The summed E-state index contributed by atoms with van der Waals surface area (Å²) in [6.07, 6.45) is 32.6. The molecule has 0 saturated heterocycles. The van der Waals surface area contributed by atoms with Crippen LogP contribution in [0.15, 0.2) is 127 Å². The Bertz CT molecular complexity index is 4650. The van der Waals surface area contributed by atoms with E-state index in [1.54, 1.807) is 129 Å². The van der Waals surface area contributed by atoms with Crippen molar-refractivity contribution in [3.63, 3.8) is 0 Å². The van der Waals surface area contributed by atoms with Gasteiger partial charge in [0, 0.05) is 127 Å². The van der Waals surface area contributed by atoms with Crippen LogP contribution in [-0.2, 0) is 32.3 Å². The first-order valence-electron chi connectivity index (χ1n) is 36.6. The Morgan fingerprint density at radius 1 is 0.427 bits per heavy atom. The zero-order chi connectivity index (χ0) is 75.8. The van der Waals surface area contributed by atoms with E-state index in [-0.39, 0.29) is 53.5 Å². The predicted molar refractivity (Wildman–Crippen MR) is 407 cm³/mol. The minimum atomic E-state index is -4.76. The number of nitrogens with one attached hydrogen (secondary N) is 3. The molecule has 0 aromatic carbocycles. The second-order valence-electron chi connectivity index (χ2n) is 26.7. The molecule has 34 nitrogen and oxygen atoms in total. The molecule has 12 aromatic heterocycles. The number of amides is 3. The number of nitrogens with zero attached hydrogens (tertiary/aromatic N) is 21. The van der Waals surface area contributed by atoms with Crippen molar-refractivity contribution in [3.8, 4) is 66.3 Å². The Labute approximate surface area is 643 Å². The summed E-state index contributed by atoms with van der Waals surface area (Å²) in [5, 5.41) is 43.8. The smallest absolute Gasteiger partial charge is 0.379 e. The molecule has 15 rings (SSSR count). The van der Waals surface area contributed by atoms with Gasteiger partial charge >= 0.3 is 7.82 Å². The maximum atomic E-state index is 15.6. The van der Waals surface area contributed by atoms with Crippen molar-refractivity contribution in [1.82, 2.24) is 104 Å². The Morgan fingerprint density at radius 2 is 0.700 bits per heavy atom. The second kappa shape index (κ2) is 34.0. The van der Waals surface area contributed by atoms with Crippen LogP contribution in [0.25, 0.3) is 66.3 Å². The minimum absolute atomic E-state index is 0.0970. The first-order valence-corrected chi connectivity index (χ1v) is 40.7. The summed E-state index contributed by atoms with van der Waals surface area (Å²) in [6, 6.07) is 5.44. The summed E-state index contributed by atoms with van der Waals surface area (Å²) in [7, 11) is -4.76. The second-order valence-corrected chi connectivity index (χ2v) is 30.8. The van der Waals surface area contributed by atoms with Gasteiger partial charge in [-0.1, -0.05) is 0 Å². The summed E-state index contributed by atoms with van der Waals surface area (Å²) in [5.41, 5.74) is 4.62. The van der Waals surface area contributed by atoms with Crippen molar-refractivity contribution in [2.75, 3.05) is 35.8 Å². The molecular formula is C72H81N24O10PS3. The van der Waals surface area contributed by atoms with E-state index in [4.69, 9.17) is 58.0 Å². The number of ether oxygens (including phenoxy) is 3. The lowest BCUT2D eigenvalue weighted by Gasteiger charge is -2.28. The van der Waals surface area contributed by atoms with Crippen LogP contribution >= 0.6 is 41.8 Å². The molecule has 3 N–H and O–H groups in total. The number of thiazole rings is 3. The number of hydrogen-bond acceptors (Lipinski definition) is 28. The molecule has 572 valence electrons. The van der Waals surface area contributed by atoms with E-state index in [0.717, 1.165) is 77.0 Å². The third-order valence-electron chi connectivity index (χ3n) is 19.3. The van der Waals surface area contributed by atoms with Gasteiger partial charge in [0.25, 0.3) is 17.7 Å². The molecule has 3 amide bonds. The molecule has 0 aliphatic heterocycles. The van der Waals surface area contributed by atoms with Gasteiger partial charge in [0.05, 0.1) is 72.1 Å². The Balaban J connectivity index is 0.647. The van der Waals surface area contributed by atoms with E-state index in [1.165, 1.54) is 48.1 Å². The number of hydrogen-bond donors (Lipinski definition) is 3. The van der Waals surface area contributed by atoms with E-state index in [2.05, 4.69) is 61.2 Å². The van der Waals surface area contributed by atoms with Gasteiger partial charge in [-0.25, -0.2) is 63.5 Å². The Hall–Kier alpha value is -10.2. The van der Waals surface area contributed by atoms with E-state index < -0.39 is 44.2 Å². The van der Waals surface area contributed by atoms with Crippen LogP contribution in [0.1, 0.15) is 187 Å². The quantitative estimate of drug-likeness (QED) is 0.0352. The van der Waals surface area contributed by atoms with Crippen molar-refractivity contribution in [2.45, 2.75) is 174 Å². The zero-order valence-corrected chi connectivity index (χ0v) is 64.4. The fraction of sp³-hybridized carbons (Fsp3) is 0.417. The lowest BCUT2D eigenvalue weighted by Crippen LogP contribution is -2.24. The van der Waals surface area contributed by atoms with Gasteiger partial charge < -0.3 is 30.2 Å². The van der Waals surface area contributed by atoms with Crippen LogP contribution in [0.3, 0.4) is 0 Å². The van der Waals surface area contributed by atoms with E-state index in [1.807, 2.05) is 53.4 Å². The average molecular weight is 1570 g/mol. The fourth-order valence-corrected chi connectivity index (χ4v) is 17.6. The number of phosphoric acid groups is 1. The SMILES string of the molecule is CCOC1CCC(n2cc(NC(=O)c3csc(-c4cnn([C@@H](C)OP(=O)(O[C@H](C)n5cc(-c6nc(C(=O)Nc7cn(C8CCC(OCC)CC8)nc7-c7ncccn7)cs6)cn5)O[C@H](C)n5cc(-c6nc(C(=O)Nc7cn(C8CCC(OCC)CC8)nc7-c7ncccn7)cs6)cn5)c4)n3)c(-c3ncccn3)n2)CC1. The molecule has 110 heavy (non-hydrogen) atoms. The highest BCUT2D eigenvalue weighted by Gasteiger charge is 2.38. The molecule has 0 unspecified atom stereocenters. The molecule has 3 fully saturated rings. The van der Waals surface area contributed by atoms with Gasteiger partial charge in [-0.15, -0.1) is 34.0 Å². The highest BCUT2D eigenvalue weighted by Crippen LogP contribution is 2.57. The van der Waals surface area contributed by atoms with Crippen LogP contribution in [0.4, 0.5) is 17.1 Å². The highest BCUT2D eigenvalue weighted by atomic mass is 32.1. The maximum absolute atomic E-state index is 15.6. The van der Waals surface area contributed by atoms with Crippen molar-refractivity contribution in [3.05, 3.63) is 144 Å². The van der Waals surface area contributed by atoms with E-state index in [9.17, 15) is 14.4 Å². The van der Waals surface area contributed by atoms with Crippen LogP contribution in [-0.4, -0.2) is 159 Å². The molecule has 38 heteroatoms. The van der Waals surface area contributed by atoms with Crippen molar-refractivity contribution < 1.29 is 46.7 Å². The maximum Gasteiger partial charge on any atom is 0.480 e. The number of aromatic nitrogens is 21. The normalized spacial score (nSPS) is 19.5. The number of carbonyl (C=O) groups excluding carboxylic acids is 3. The third kappa shape index (κ3) is 17.3. The largest absolute Gasteiger partial charge is 0.480 e. The minimum Gasteiger partial charge on any atom is -0.379 e. The molecule has 0 radical (unpaired) electrons. The van der Waals surface area contributed by atoms with Gasteiger partial charge in [-0.2, -0.15) is 30.6 Å². The molecule has 12 aromatic rings. The summed E-state index contributed by atoms with van der Waals surface area (Å²) in [4.78, 5) is 83.1. The summed E-state index contributed by atoms with van der Waals surface area (Å²) >= 11 is 3.68. The molecule has 3 aliphatic carbocycles. The molecule has 3 saturated carbocycles. The number of phosphoric ester groups is 1. The Kier molecular flexibility index (Phi) is 23.2. The first kappa shape index (κ1) is 75.2. The van der Waals surface area contributed by atoms with Gasteiger partial charge in [-0.05, 0) is 137 Å². The first-order chi connectivity index (χ1) is 53.6. The fourth-order valence-electron chi connectivity index (χ4n) is 13.7. The lowest BCUT2D eigenvalue weighted by molar-refractivity contribution is -0.0158. The van der Waals surface area contributed by atoms with Gasteiger partial charge in [0.15, 0.2) is 53.2 Å². The standard InChI is InChI=1S/C72H81N24O10PS3/c1-7-101-52-19-13-49(14-20-52)94-37-55(61(88-94)64-73-25-10-26-74-64)82-67(97)58-40-108-70(85-58)46-31-79-91(34-46)43(4)104-107(100,105-44(5)92-35-47(32-80-92)71-86-59(41-109-71)68(98)83-56-38-95(50-15-21-53(22-16-50)102-8-2)89-62(56)65-75-27-11-28-76-65)106-45(6)93-36-48(33-81-93)72-87-60(42-110-72)69(99)84-57-39-96(51-17-23-54(24-18-51)103-9-3)90-63(57)66-77-29-12-30-78-66/h10-12,25-45,49-54H,7-9,13-24H2,1-6H3,(H,82,97)(H,83,98)(H,84,99)/t43-,44-,45-,49?,50?,51?,52?,53?,54?,107?/m1/s1. The Morgan fingerprint density at radius 3 is 0.964 bits per heavy atom. The van der Waals surface area contributed by atoms with Gasteiger partial charge in [0.2, 0.25) is 0 Å². The average Bonchev–Trinajstić information content (AvgIpc) is 1.69. The van der Waals surface area contributed by atoms with Crippen molar-refractivity contribution >= 4 is 76.6 Å². The zero-order valence-electron chi connectivity index (χ0n) is 61.1. The van der Waals surface area contributed by atoms with Crippen molar-refractivity contribution in [1.29, 1.82) is 0 Å². The van der Waals surface area contributed by atoms with E-state index >= 15 is 4.57 Å². The van der Waals surface area contributed by atoms with Crippen LogP contribution < -0.4 is 16.0 Å². The number of anilines is 3. The van der Waals surface area contributed by atoms with E-state index in [0.29, 0.717) is 103 Å². The highest BCUT2D eigenvalue weighted by molar-refractivity contribution is 7.48. The lowest BCUT2D eigenvalue weighted by atomic mass is 9.93. The molecule has 0 spiro atoms. The predicted octanol–water partition coefficient (Wildman–Crippen LogP) is 14.0. The van der Waals surface area contributed by atoms with Crippen LogP contribution in [0.2, 0.25) is 0 Å². The van der Waals surface area contributed by atoms with Crippen molar-refractivity contribution in [2.24, 2.45) is 0 Å². The van der Waals surface area contributed by atoms with Crippen LogP contribution in [0, 0.1) is 0 Å². The number of rotatable bonds is 30. The molecule has 12 heterocycles. The topological polar surface area (TPSA) is 383 Å². The summed E-state index contributed by atoms with van der Waals surface area (Å²) in [6.45, 7) is 12.8. The molecule has 3 atom stereocenters. The third-order valence-corrected chi connectivity index (χ3v) is 23.6. The molecular weight excluding hydrogens is 1490 g/mol. The molecule has 3 aliphatic rings. The summed E-state index contributed by atoms with van der Waals surface area (Å²) in [5.74, 6) is -0.326.